The zero-order chi connectivity index (χ0) is 12.0. The standard InChI is InChI=1S/C13H25NO2/c1-10(2)12(9-15)13(16)14-8-11-6-4-3-5-7-11/h10-12,15H,3-9H2,1-2H3,(H,14,16). The Morgan fingerprint density at radius 3 is 2.44 bits per heavy atom. The Morgan fingerprint density at radius 1 is 1.31 bits per heavy atom. The van der Waals surface area contributed by atoms with Gasteiger partial charge >= 0.3 is 0 Å². The molecule has 1 rings (SSSR count). The predicted octanol–water partition coefficient (Wildman–Crippen LogP) is 1.95. The van der Waals surface area contributed by atoms with Gasteiger partial charge in [-0.25, -0.2) is 0 Å². The van der Waals surface area contributed by atoms with Crippen LogP contribution in [0.15, 0.2) is 0 Å². The van der Waals surface area contributed by atoms with Crippen LogP contribution in [0.2, 0.25) is 0 Å². The van der Waals surface area contributed by atoms with E-state index in [0.29, 0.717) is 5.92 Å². The second-order valence-electron chi connectivity index (χ2n) is 5.28. The second-order valence-corrected chi connectivity index (χ2v) is 5.28. The van der Waals surface area contributed by atoms with E-state index >= 15 is 0 Å². The fraction of sp³-hybridized carbons (Fsp3) is 0.923. The van der Waals surface area contributed by atoms with Crippen LogP contribution in [0.25, 0.3) is 0 Å². The van der Waals surface area contributed by atoms with E-state index in [1.54, 1.807) is 0 Å². The van der Waals surface area contributed by atoms with Crippen LogP contribution in [0, 0.1) is 17.8 Å². The molecule has 1 atom stereocenters. The summed E-state index contributed by atoms with van der Waals surface area (Å²) in [6.45, 7) is 4.69. The first kappa shape index (κ1) is 13.5. The minimum atomic E-state index is -0.247. The summed E-state index contributed by atoms with van der Waals surface area (Å²) in [5.41, 5.74) is 0. The smallest absolute Gasteiger partial charge is 0.225 e. The summed E-state index contributed by atoms with van der Waals surface area (Å²) >= 11 is 0. The van der Waals surface area contributed by atoms with Crippen LogP contribution in [0.4, 0.5) is 0 Å². The normalized spacial score (nSPS) is 19.8. The van der Waals surface area contributed by atoms with Gasteiger partial charge in [-0.15, -0.1) is 0 Å². The largest absolute Gasteiger partial charge is 0.396 e. The number of amides is 1. The van der Waals surface area contributed by atoms with E-state index in [4.69, 9.17) is 5.11 Å². The van der Waals surface area contributed by atoms with Crippen molar-refractivity contribution < 1.29 is 9.90 Å². The fourth-order valence-corrected chi connectivity index (χ4v) is 2.36. The number of hydrogen-bond acceptors (Lipinski definition) is 2. The summed E-state index contributed by atoms with van der Waals surface area (Å²) in [6.07, 6.45) is 6.43. The first-order valence-corrected chi connectivity index (χ1v) is 6.53. The van der Waals surface area contributed by atoms with Crippen molar-refractivity contribution in [3.63, 3.8) is 0 Å². The lowest BCUT2D eigenvalue weighted by Gasteiger charge is -2.24. The van der Waals surface area contributed by atoms with E-state index in [-0.39, 0.29) is 24.3 Å². The summed E-state index contributed by atoms with van der Waals surface area (Å²) in [7, 11) is 0. The second kappa shape index (κ2) is 6.89. The molecule has 0 bridgehead atoms. The number of carbonyl (C=O) groups is 1. The minimum absolute atomic E-state index is 0.0167. The van der Waals surface area contributed by atoms with Crippen molar-refractivity contribution in [1.82, 2.24) is 5.32 Å². The minimum Gasteiger partial charge on any atom is -0.396 e. The van der Waals surface area contributed by atoms with E-state index < -0.39 is 0 Å². The van der Waals surface area contributed by atoms with Gasteiger partial charge in [-0.05, 0) is 24.7 Å². The van der Waals surface area contributed by atoms with Crippen LogP contribution in [-0.2, 0) is 4.79 Å². The van der Waals surface area contributed by atoms with Gasteiger partial charge in [0.05, 0.1) is 12.5 Å². The SMILES string of the molecule is CC(C)C(CO)C(=O)NCC1CCCCC1. The van der Waals surface area contributed by atoms with Crippen molar-refractivity contribution in [3.05, 3.63) is 0 Å². The third-order valence-corrected chi connectivity index (χ3v) is 3.63. The lowest BCUT2D eigenvalue weighted by Crippen LogP contribution is -2.38. The number of aliphatic hydroxyl groups excluding tert-OH is 1. The maximum absolute atomic E-state index is 11.8. The molecule has 0 heterocycles. The topological polar surface area (TPSA) is 49.3 Å². The highest BCUT2D eigenvalue weighted by molar-refractivity contribution is 5.78. The van der Waals surface area contributed by atoms with Crippen molar-refractivity contribution in [1.29, 1.82) is 0 Å². The average Bonchev–Trinajstić information content (AvgIpc) is 2.28. The van der Waals surface area contributed by atoms with E-state index in [2.05, 4.69) is 5.32 Å². The Bertz CT molecular complexity index is 210. The summed E-state index contributed by atoms with van der Waals surface area (Å²) < 4.78 is 0. The van der Waals surface area contributed by atoms with Gasteiger partial charge < -0.3 is 10.4 Å². The molecule has 1 unspecified atom stereocenters. The molecule has 1 amide bonds. The molecule has 0 saturated heterocycles. The van der Waals surface area contributed by atoms with Crippen molar-refractivity contribution >= 4 is 5.91 Å². The zero-order valence-corrected chi connectivity index (χ0v) is 10.5. The number of aliphatic hydroxyl groups is 1. The Kier molecular flexibility index (Phi) is 5.81. The molecule has 1 aliphatic rings. The molecule has 0 aromatic rings. The third kappa shape index (κ3) is 4.12. The highest BCUT2D eigenvalue weighted by atomic mass is 16.3. The molecule has 16 heavy (non-hydrogen) atoms. The highest BCUT2D eigenvalue weighted by Crippen LogP contribution is 2.23. The van der Waals surface area contributed by atoms with Crippen LogP contribution in [0.1, 0.15) is 46.0 Å². The van der Waals surface area contributed by atoms with Crippen LogP contribution < -0.4 is 5.32 Å². The first-order valence-electron chi connectivity index (χ1n) is 6.53. The molecule has 3 heteroatoms. The quantitative estimate of drug-likeness (QED) is 0.754. The van der Waals surface area contributed by atoms with E-state index in [9.17, 15) is 4.79 Å². The number of carbonyl (C=O) groups excluding carboxylic acids is 1. The van der Waals surface area contributed by atoms with Gasteiger partial charge in [0.1, 0.15) is 0 Å². The molecule has 2 N–H and O–H groups in total. The van der Waals surface area contributed by atoms with E-state index in [1.165, 1.54) is 32.1 Å². The van der Waals surface area contributed by atoms with Gasteiger partial charge in [0.25, 0.3) is 0 Å². The Hall–Kier alpha value is -0.570. The van der Waals surface area contributed by atoms with Crippen molar-refractivity contribution in [2.45, 2.75) is 46.0 Å². The van der Waals surface area contributed by atoms with Gasteiger partial charge in [-0.3, -0.25) is 4.79 Å². The monoisotopic (exact) mass is 227 g/mol. The summed E-state index contributed by atoms with van der Waals surface area (Å²) in [4.78, 5) is 11.8. The Morgan fingerprint density at radius 2 is 1.94 bits per heavy atom. The molecule has 94 valence electrons. The Balaban J connectivity index is 2.27. The van der Waals surface area contributed by atoms with Crippen molar-refractivity contribution in [2.24, 2.45) is 17.8 Å². The molecular weight excluding hydrogens is 202 g/mol. The summed E-state index contributed by atoms with van der Waals surface area (Å²) in [5, 5.41) is 12.1. The van der Waals surface area contributed by atoms with Gasteiger partial charge in [0.15, 0.2) is 0 Å². The third-order valence-electron chi connectivity index (χ3n) is 3.63. The van der Waals surface area contributed by atoms with Crippen LogP contribution >= 0.6 is 0 Å². The molecule has 1 aliphatic carbocycles. The van der Waals surface area contributed by atoms with Crippen LogP contribution in [-0.4, -0.2) is 24.2 Å². The van der Waals surface area contributed by atoms with Crippen molar-refractivity contribution in [3.8, 4) is 0 Å². The van der Waals surface area contributed by atoms with Gasteiger partial charge in [-0.2, -0.15) is 0 Å². The molecule has 0 aliphatic heterocycles. The molecule has 0 radical (unpaired) electrons. The van der Waals surface area contributed by atoms with Crippen molar-refractivity contribution in [2.75, 3.05) is 13.2 Å². The molecule has 3 nitrogen and oxygen atoms in total. The van der Waals surface area contributed by atoms with Gasteiger partial charge in [0.2, 0.25) is 5.91 Å². The summed E-state index contributed by atoms with van der Waals surface area (Å²) in [5.74, 6) is 0.632. The fourth-order valence-electron chi connectivity index (χ4n) is 2.36. The number of rotatable bonds is 5. The molecule has 0 spiro atoms. The number of hydrogen-bond donors (Lipinski definition) is 2. The lowest BCUT2D eigenvalue weighted by molar-refractivity contribution is -0.127. The average molecular weight is 227 g/mol. The first-order chi connectivity index (χ1) is 7.65. The maximum atomic E-state index is 11.8. The van der Waals surface area contributed by atoms with Crippen LogP contribution in [0.3, 0.4) is 0 Å². The highest BCUT2D eigenvalue weighted by Gasteiger charge is 2.22. The molecule has 1 saturated carbocycles. The molecule has 0 aromatic carbocycles. The zero-order valence-electron chi connectivity index (χ0n) is 10.5. The summed E-state index contributed by atoms with van der Waals surface area (Å²) in [6, 6.07) is 0. The maximum Gasteiger partial charge on any atom is 0.225 e. The van der Waals surface area contributed by atoms with E-state index in [0.717, 1.165) is 6.54 Å². The van der Waals surface area contributed by atoms with Gasteiger partial charge in [0, 0.05) is 6.54 Å². The molecular formula is C13H25NO2. The lowest BCUT2D eigenvalue weighted by atomic mass is 9.89. The molecule has 0 aromatic heterocycles. The van der Waals surface area contributed by atoms with Gasteiger partial charge in [-0.1, -0.05) is 33.1 Å². The Labute approximate surface area is 98.6 Å². The number of nitrogens with one attached hydrogen (secondary N) is 1. The van der Waals surface area contributed by atoms with Crippen LogP contribution in [0.5, 0.6) is 0 Å². The predicted molar refractivity (Wildman–Crippen MR) is 65.0 cm³/mol. The molecule has 1 fully saturated rings. The van der Waals surface area contributed by atoms with E-state index in [1.807, 2.05) is 13.8 Å².